The topological polar surface area (TPSA) is 45.2 Å². The number of aromatic nitrogens is 1. The molecule has 0 bridgehead atoms. The predicted molar refractivity (Wildman–Crippen MR) is 94.2 cm³/mol. The van der Waals surface area contributed by atoms with Crippen LogP contribution in [0.15, 0.2) is 36.5 Å². The minimum Gasteiger partial charge on any atom is -0.371 e. The summed E-state index contributed by atoms with van der Waals surface area (Å²) in [5.74, 6) is -0.143. The van der Waals surface area contributed by atoms with Gasteiger partial charge in [0.25, 0.3) is 5.91 Å². The van der Waals surface area contributed by atoms with E-state index in [1.807, 2.05) is 31.2 Å². The molecule has 0 aliphatic carbocycles. The molecule has 2 aromatic rings. The highest BCUT2D eigenvalue weighted by Crippen LogP contribution is 2.23. The van der Waals surface area contributed by atoms with E-state index in [-0.39, 0.29) is 5.91 Å². The Hall–Kier alpha value is -2.36. The van der Waals surface area contributed by atoms with Crippen molar-refractivity contribution in [1.29, 1.82) is 0 Å². The molecule has 1 amide bonds. The van der Waals surface area contributed by atoms with E-state index in [1.54, 1.807) is 6.20 Å². The van der Waals surface area contributed by atoms with Gasteiger partial charge in [0, 0.05) is 30.7 Å². The fraction of sp³-hybridized carbons (Fsp3) is 0.368. The fourth-order valence-corrected chi connectivity index (χ4v) is 3.10. The largest absolute Gasteiger partial charge is 0.371 e. The molecule has 1 aliphatic rings. The first-order chi connectivity index (χ1) is 11.2. The van der Waals surface area contributed by atoms with Crippen LogP contribution in [0, 0.1) is 6.92 Å². The number of carbonyl (C=O) groups is 1. The molecular weight excluding hydrogens is 286 g/mol. The number of pyridine rings is 1. The van der Waals surface area contributed by atoms with Gasteiger partial charge in [0.1, 0.15) is 5.69 Å². The van der Waals surface area contributed by atoms with Gasteiger partial charge in [0.05, 0.1) is 0 Å². The van der Waals surface area contributed by atoms with Crippen molar-refractivity contribution in [3.63, 3.8) is 0 Å². The Labute approximate surface area is 137 Å². The van der Waals surface area contributed by atoms with Gasteiger partial charge in [-0.2, -0.15) is 0 Å². The Bertz CT molecular complexity index is 706. The lowest BCUT2D eigenvalue weighted by atomic mass is 10.1. The molecule has 1 saturated heterocycles. The Morgan fingerprint density at radius 2 is 2.04 bits per heavy atom. The summed E-state index contributed by atoms with van der Waals surface area (Å²) in [6, 6.07) is 9.97. The number of nitrogens with one attached hydrogen (secondary N) is 1. The van der Waals surface area contributed by atoms with Crippen molar-refractivity contribution in [2.75, 3.05) is 23.3 Å². The number of hydrogen-bond donors (Lipinski definition) is 1. The molecule has 0 atom stereocenters. The maximum absolute atomic E-state index is 12.6. The van der Waals surface area contributed by atoms with Crippen molar-refractivity contribution in [2.24, 2.45) is 0 Å². The van der Waals surface area contributed by atoms with Crippen LogP contribution < -0.4 is 10.2 Å². The number of hydrogen-bond acceptors (Lipinski definition) is 3. The number of anilines is 2. The van der Waals surface area contributed by atoms with E-state index in [1.165, 1.54) is 12.8 Å². The molecule has 3 rings (SSSR count). The van der Waals surface area contributed by atoms with Crippen LogP contribution in [0.25, 0.3) is 0 Å². The highest BCUT2D eigenvalue weighted by Gasteiger charge is 2.16. The number of para-hydroxylation sites is 1. The summed E-state index contributed by atoms with van der Waals surface area (Å²) in [4.78, 5) is 19.2. The first-order valence-corrected chi connectivity index (χ1v) is 8.30. The Morgan fingerprint density at radius 3 is 2.78 bits per heavy atom. The Kier molecular flexibility index (Phi) is 4.60. The third-order valence-corrected chi connectivity index (χ3v) is 4.43. The van der Waals surface area contributed by atoms with Gasteiger partial charge < -0.3 is 10.2 Å². The van der Waals surface area contributed by atoms with E-state index in [0.717, 1.165) is 42.0 Å². The minimum atomic E-state index is -0.143. The van der Waals surface area contributed by atoms with E-state index in [4.69, 9.17) is 0 Å². The molecule has 1 fully saturated rings. The standard InChI is InChI=1S/C19H23N3O/c1-3-15-8-6-7-14(2)18(15)21-19(23)17-13-16(9-10-20-17)22-11-4-5-12-22/h6-10,13H,3-5,11-12H2,1-2H3,(H,21,23). The van der Waals surface area contributed by atoms with Gasteiger partial charge in [0.2, 0.25) is 0 Å². The lowest BCUT2D eigenvalue weighted by Crippen LogP contribution is -2.20. The van der Waals surface area contributed by atoms with Crippen LogP contribution in [0.1, 0.15) is 41.4 Å². The van der Waals surface area contributed by atoms with Gasteiger partial charge in [-0.3, -0.25) is 9.78 Å². The normalized spacial score (nSPS) is 14.1. The van der Waals surface area contributed by atoms with Gasteiger partial charge in [-0.1, -0.05) is 25.1 Å². The molecule has 1 aromatic heterocycles. The van der Waals surface area contributed by atoms with Gasteiger partial charge in [-0.15, -0.1) is 0 Å². The summed E-state index contributed by atoms with van der Waals surface area (Å²) in [6.07, 6.45) is 5.04. The number of nitrogens with zero attached hydrogens (tertiary/aromatic N) is 2. The minimum absolute atomic E-state index is 0.143. The van der Waals surface area contributed by atoms with Gasteiger partial charge in [-0.25, -0.2) is 0 Å². The SMILES string of the molecule is CCc1cccc(C)c1NC(=O)c1cc(N2CCCC2)ccn1. The van der Waals surface area contributed by atoms with Crippen LogP contribution >= 0.6 is 0 Å². The Balaban J connectivity index is 1.82. The zero-order valence-corrected chi connectivity index (χ0v) is 13.8. The summed E-state index contributed by atoms with van der Waals surface area (Å²) in [5.41, 5.74) is 4.69. The number of aryl methyl sites for hydroxylation is 2. The molecule has 0 spiro atoms. The van der Waals surface area contributed by atoms with Crippen molar-refractivity contribution in [1.82, 2.24) is 4.98 Å². The summed E-state index contributed by atoms with van der Waals surface area (Å²) in [7, 11) is 0. The predicted octanol–water partition coefficient (Wildman–Crippen LogP) is 3.80. The van der Waals surface area contributed by atoms with Crippen LogP contribution in [0.5, 0.6) is 0 Å². The second-order valence-corrected chi connectivity index (χ2v) is 6.01. The zero-order valence-electron chi connectivity index (χ0n) is 13.8. The number of rotatable bonds is 4. The summed E-state index contributed by atoms with van der Waals surface area (Å²) in [5, 5.41) is 3.04. The summed E-state index contributed by atoms with van der Waals surface area (Å²) >= 11 is 0. The molecular formula is C19H23N3O. The molecule has 120 valence electrons. The van der Waals surface area contributed by atoms with E-state index >= 15 is 0 Å². The maximum atomic E-state index is 12.6. The quantitative estimate of drug-likeness (QED) is 0.934. The number of amides is 1. The number of benzene rings is 1. The fourth-order valence-electron chi connectivity index (χ4n) is 3.10. The molecule has 0 saturated carbocycles. The molecule has 0 unspecified atom stereocenters. The van der Waals surface area contributed by atoms with Crippen LogP contribution in [0.2, 0.25) is 0 Å². The third-order valence-electron chi connectivity index (χ3n) is 4.43. The molecule has 23 heavy (non-hydrogen) atoms. The molecule has 1 N–H and O–H groups in total. The van der Waals surface area contributed by atoms with E-state index in [0.29, 0.717) is 5.69 Å². The average Bonchev–Trinajstić information content (AvgIpc) is 3.11. The molecule has 2 heterocycles. The van der Waals surface area contributed by atoms with Crippen molar-refractivity contribution in [3.05, 3.63) is 53.3 Å². The first kappa shape index (κ1) is 15.5. The zero-order chi connectivity index (χ0) is 16.2. The highest BCUT2D eigenvalue weighted by molar-refractivity contribution is 6.04. The molecule has 4 nitrogen and oxygen atoms in total. The van der Waals surface area contributed by atoms with Crippen molar-refractivity contribution in [2.45, 2.75) is 33.1 Å². The second-order valence-electron chi connectivity index (χ2n) is 6.01. The van der Waals surface area contributed by atoms with E-state index in [9.17, 15) is 4.79 Å². The molecule has 1 aromatic carbocycles. The van der Waals surface area contributed by atoms with Crippen LogP contribution in [-0.4, -0.2) is 24.0 Å². The second kappa shape index (κ2) is 6.82. The molecule has 4 heteroatoms. The van der Waals surface area contributed by atoms with E-state index in [2.05, 4.69) is 28.2 Å². The lowest BCUT2D eigenvalue weighted by molar-refractivity contribution is 0.102. The van der Waals surface area contributed by atoms with Gasteiger partial charge in [-0.05, 0) is 49.4 Å². The van der Waals surface area contributed by atoms with Crippen molar-refractivity contribution in [3.8, 4) is 0 Å². The van der Waals surface area contributed by atoms with Crippen molar-refractivity contribution < 1.29 is 4.79 Å². The highest BCUT2D eigenvalue weighted by atomic mass is 16.1. The lowest BCUT2D eigenvalue weighted by Gasteiger charge is -2.18. The number of carbonyl (C=O) groups excluding carboxylic acids is 1. The maximum Gasteiger partial charge on any atom is 0.274 e. The monoisotopic (exact) mass is 309 g/mol. The molecule has 0 radical (unpaired) electrons. The van der Waals surface area contributed by atoms with E-state index < -0.39 is 0 Å². The van der Waals surface area contributed by atoms with Crippen LogP contribution in [0.4, 0.5) is 11.4 Å². The average molecular weight is 309 g/mol. The smallest absolute Gasteiger partial charge is 0.274 e. The van der Waals surface area contributed by atoms with Crippen LogP contribution in [0.3, 0.4) is 0 Å². The van der Waals surface area contributed by atoms with Gasteiger partial charge >= 0.3 is 0 Å². The first-order valence-electron chi connectivity index (χ1n) is 8.30. The third kappa shape index (κ3) is 3.36. The Morgan fingerprint density at radius 1 is 1.26 bits per heavy atom. The van der Waals surface area contributed by atoms with Crippen molar-refractivity contribution >= 4 is 17.3 Å². The molecule has 1 aliphatic heterocycles. The van der Waals surface area contributed by atoms with Crippen LogP contribution in [-0.2, 0) is 6.42 Å². The van der Waals surface area contributed by atoms with Gasteiger partial charge in [0.15, 0.2) is 0 Å². The summed E-state index contributed by atoms with van der Waals surface area (Å²) in [6.45, 7) is 6.23. The summed E-state index contributed by atoms with van der Waals surface area (Å²) < 4.78 is 0.